The van der Waals surface area contributed by atoms with E-state index in [-0.39, 0.29) is 11.2 Å². The van der Waals surface area contributed by atoms with E-state index in [1.54, 1.807) is 5.38 Å². The van der Waals surface area contributed by atoms with Crippen molar-refractivity contribution < 1.29 is 32.9 Å². The van der Waals surface area contributed by atoms with Crippen molar-refractivity contribution in [1.82, 2.24) is 4.57 Å². The van der Waals surface area contributed by atoms with Gasteiger partial charge in [-0.25, -0.2) is 4.79 Å². The number of halogens is 3. The molecule has 3 aromatic rings. The van der Waals surface area contributed by atoms with Crippen molar-refractivity contribution in [2.45, 2.75) is 12.9 Å². The molecule has 2 heterocycles. The standard InChI is InChI=1S/C16H10F3NO5S/c17-16(18,19)25-9-3-1-8(2-4-9)7-20-10-5-6-26-13(10)11(15(23)24)12(21)14(20)22/h1-6,21H,7H2,(H,23,24). The van der Waals surface area contributed by atoms with Crippen molar-refractivity contribution in [2.24, 2.45) is 0 Å². The lowest BCUT2D eigenvalue weighted by molar-refractivity contribution is -0.274. The van der Waals surface area contributed by atoms with Crippen molar-refractivity contribution in [3.05, 3.63) is 57.2 Å². The Balaban J connectivity index is 2.01. The number of benzene rings is 1. The monoisotopic (exact) mass is 385 g/mol. The number of pyridine rings is 1. The smallest absolute Gasteiger partial charge is 0.502 e. The summed E-state index contributed by atoms with van der Waals surface area (Å²) in [5.74, 6) is -2.71. The van der Waals surface area contributed by atoms with Gasteiger partial charge in [-0.3, -0.25) is 9.36 Å². The Bertz CT molecular complexity index is 1040. The van der Waals surface area contributed by atoms with E-state index in [4.69, 9.17) is 0 Å². The molecular weight excluding hydrogens is 375 g/mol. The zero-order chi connectivity index (χ0) is 19.1. The maximum absolute atomic E-state index is 12.3. The molecule has 0 fully saturated rings. The van der Waals surface area contributed by atoms with Crippen LogP contribution in [0.3, 0.4) is 0 Å². The molecule has 0 atom stereocenters. The molecule has 0 amide bonds. The fraction of sp³-hybridized carbons (Fsp3) is 0.125. The summed E-state index contributed by atoms with van der Waals surface area (Å²) >= 11 is 1.05. The molecule has 0 spiro atoms. The van der Waals surface area contributed by atoms with Crippen LogP contribution >= 0.6 is 11.3 Å². The van der Waals surface area contributed by atoms with Crippen LogP contribution < -0.4 is 10.3 Å². The fourth-order valence-electron chi connectivity index (χ4n) is 2.49. The first-order valence-electron chi connectivity index (χ1n) is 7.08. The van der Waals surface area contributed by atoms with Crippen LogP contribution in [-0.2, 0) is 6.54 Å². The molecule has 0 bridgehead atoms. The van der Waals surface area contributed by atoms with E-state index in [1.165, 1.54) is 18.2 Å². The summed E-state index contributed by atoms with van der Waals surface area (Å²) in [5, 5.41) is 20.7. The Labute approximate surface area is 147 Å². The third-order valence-corrected chi connectivity index (χ3v) is 4.48. The third-order valence-electron chi connectivity index (χ3n) is 3.56. The number of aromatic hydroxyl groups is 1. The Kier molecular flexibility index (Phi) is 4.36. The molecule has 136 valence electrons. The Morgan fingerprint density at radius 3 is 2.42 bits per heavy atom. The lowest BCUT2D eigenvalue weighted by Crippen LogP contribution is -2.23. The second-order valence-electron chi connectivity index (χ2n) is 5.25. The summed E-state index contributed by atoms with van der Waals surface area (Å²) in [6.07, 6.45) is -4.81. The average molecular weight is 385 g/mol. The predicted molar refractivity (Wildman–Crippen MR) is 86.9 cm³/mol. The Morgan fingerprint density at radius 2 is 1.85 bits per heavy atom. The number of rotatable bonds is 4. The summed E-state index contributed by atoms with van der Waals surface area (Å²) in [6, 6.07) is 6.42. The van der Waals surface area contributed by atoms with E-state index in [2.05, 4.69) is 4.74 Å². The number of alkyl halides is 3. The van der Waals surface area contributed by atoms with Gasteiger partial charge in [0.1, 0.15) is 11.3 Å². The summed E-state index contributed by atoms with van der Waals surface area (Å²) < 4.78 is 41.7. The molecule has 0 aliphatic heterocycles. The molecule has 6 nitrogen and oxygen atoms in total. The summed E-state index contributed by atoms with van der Waals surface area (Å²) in [5.41, 5.74) is -0.587. The molecule has 0 radical (unpaired) electrons. The minimum atomic E-state index is -4.81. The normalized spacial score (nSPS) is 11.7. The second-order valence-corrected chi connectivity index (χ2v) is 6.16. The van der Waals surface area contributed by atoms with Gasteiger partial charge in [0.2, 0.25) is 0 Å². The quantitative estimate of drug-likeness (QED) is 0.719. The lowest BCUT2D eigenvalue weighted by atomic mass is 10.1. The second kappa shape index (κ2) is 6.37. The van der Waals surface area contributed by atoms with Crippen LogP contribution in [0, 0.1) is 0 Å². The first-order valence-corrected chi connectivity index (χ1v) is 7.96. The van der Waals surface area contributed by atoms with Crippen LogP contribution in [0.15, 0.2) is 40.5 Å². The highest BCUT2D eigenvalue weighted by atomic mass is 32.1. The number of hydrogen-bond donors (Lipinski definition) is 2. The number of fused-ring (bicyclic) bond motifs is 1. The molecule has 3 rings (SSSR count). The van der Waals surface area contributed by atoms with Crippen molar-refractivity contribution >= 4 is 27.5 Å². The Morgan fingerprint density at radius 1 is 1.19 bits per heavy atom. The number of carboxylic acid groups (broad SMARTS) is 1. The first kappa shape index (κ1) is 17.8. The van der Waals surface area contributed by atoms with Gasteiger partial charge in [-0.15, -0.1) is 24.5 Å². The zero-order valence-corrected chi connectivity index (χ0v) is 13.6. The molecule has 1 aromatic carbocycles. The van der Waals surface area contributed by atoms with Crippen LogP contribution in [-0.4, -0.2) is 27.1 Å². The molecule has 2 aromatic heterocycles. The molecule has 0 aliphatic rings. The van der Waals surface area contributed by atoms with E-state index >= 15 is 0 Å². The van der Waals surface area contributed by atoms with E-state index in [1.807, 2.05) is 0 Å². The van der Waals surface area contributed by atoms with Crippen molar-refractivity contribution in [1.29, 1.82) is 0 Å². The number of aromatic carboxylic acids is 1. The van der Waals surface area contributed by atoms with Gasteiger partial charge >= 0.3 is 12.3 Å². The van der Waals surface area contributed by atoms with Crippen LogP contribution in [0.2, 0.25) is 0 Å². The molecule has 0 saturated heterocycles. The van der Waals surface area contributed by atoms with Gasteiger partial charge in [0.25, 0.3) is 5.56 Å². The number of carboxylic acids is 1. The van der Waals surface area contributed by atoms with Crippen molar-refractivity contribution in [3.8, 4) is 11.5 Å². The van der Waals surface area contributed by atoms with Crippen molar-refractivity contribution in [3.63, 3.8) is 0 Å². The minimum absolute atomic E-state index is 0.0637. The Hall–Kier alpha value is -3.01. The maximum Gasteiger partial charge on any atom is 0.573 e. The third kappa shape index (κ3) is 3.36. The number of thiophene rings is 1. The summed E-state index contributed by atoms with van der Waals surface area (Å²) in [7, 11) is 0. The van der Waals surface area contributed by atoms with Crippen LogP contribution in [0.4, 0.5) is 13.2 Å². The minimum Gasteiger partial charge on any atom is -0.502 e. The van der Waals surface area contributed by atoms with Gasteiger partial charge in [0.15, 0.2) is 5.75 Å². The van der Waals surface area contributed by atoms with E-state index in [0.717, 1.165) is 28.0 Å². The molecule has 2 N–H and O–H groups in total. The van der Waals surface area contributed by atoms with Crippen molar-refractivity contribution in [2.75, 3.05) is 0 Å². The number of ether oxygens (including phenoxy) is 1. The zero-order valence-electron chi connectivity index (χ0n) is 12.8. The molecule has 10 heteroatoms. The van der Waals surface area contributed by atoms with E-state index in [9.17, 15) is 33.0 Å². The summed E-state index contributed by atoms with van der Waals surface area (Å²) in [6.45, 7) is -0.0637. The highest BCUT2D eigenvalue weighted by Crippen LogP contribution is 2.29. The highest BCUT2D eigenvalue weighted by molar-refractivity contribution is 7.17. The van der Waals surface area contributed by atoms with Gasteiger partial charge in [-0.1, -0.05) is 12.1 Å². The van der Waals surface area contributed by atoms with Gasteiger partial charge in [0, 0.05) is 0 Å². The maximum atomic E-state index is 12.3. The SMILES string of the molecule is O=C(O)c1c(O)c(=O)n(Cc2ccc(OC(F)(F)F)cc2)c2ccsc12. The van der Waals surface area contributed by atoms with Gasteiger partial charge in [0.05, 0.1) is 16.8 Å². The molecule has 26 heavy (non-hydrogen) atoms. The molecular formula is C16H10F3NO5S. The first-order chi connectivity index (χ1) is 12.2. The number of nitrogens with zero attached hydrogens (tertiary/aromatic N) is 1. The largest absolute Gasteiger partial charge is 0.573 e. The average Bonchev–Trinajstić information content (AvgIpc) is 3.00. The van der Waals surface area contributed by atoms with Crippen LogP contribution in [0.5, 0.6) is 11.5 Å². The van der Waals surface area contributed by atoms with Crippen LogP contribution in [0.25, 0.3) is 10.2 Å². The van der Waals surface area contributed by atoms with Crippen LogP contribution in [0.1, 0.15) is 15.9 Å². The van der Waals surface area contributed by atoms with Gasteiger partial charge in [-0.05, 0) is 29.1 Å². The lowest BCUT2D eigenvalue weighted by Gasteiger charge is -2.12. The highest BCUT2D eigenvalue weighted by Gasteiger charge is 2.31. The van der Waals surface area contributed by atoms with Gasteiger partial charge in [-0.2, -0.15) is 0 Å². The molecule has 0 saturated carbocycles. The molecule has 0 unspecified atom stereocenters. The predicted octanol–water partition coefficient (Wildman–Crippen LogP) is 3.41. The molecule has 0 aliphatic carbocycles. The van der Waals surface area contributed by atoms with E-state index in [0.29, 0.717) is 11.1 Å². The number of aromatic nitrogens is 1. The number of carbonyl (C=O) groups is 1. The van der Waals surface area contributed by atoms with Gasteiger partial charge < -0.3 is 14.9 Å². The van der Waals surface area contributed by atoms with E-state index < -0.39 is 35.0 Å². The summed E-state index contributed by atoms with van der Waals surface area (Å²) in [4.78, 5) is 23.6. The number of hydrogen-bond acceptors (Lipinski definition) is 5. The fourth-order valence-corrected chi connectivity index (χ4v) is 3.42. The topological polar surface area (TPSA) is 88.8 Å².